The van der Waals surface area contributed by atoms with Crippen LogP contribution in [0.15, 0.2) is 77.7 Å². The SMILES string of the molecule is CC[C@@H](C)NC(=O)[C@H](CC)N(Cc1ccc(Cl)cc1)C(=O)CN(c1ccc(Cl)c(C(F)(F)F)c1)S(=O)(=O)c1ccccc1. The molecule has 3 rings (SSSR count). The standard InChI is InChI=1S/C30H32Cl2F3N3O4S/c1-4-20(3)36-29(40)27(5-2)37(18-21-11-13-22(31)14-12-21)28(39)19-38(43(41,42)24-9-7-6-8-10-24)23-15-16-26(32)25(17-23)30(33,34)35/h6-17,20,27H,4-5,18-19H2,1-3H3,(H,36,40)/t20-,27+/m1/s1. The number of amides is 2. The molecule has 1 N–H and O–H groups in total. The number of hydrogen-bond donors (Lipinski definition) is 1. The van der Waals surface area contributed by atoms with E-state index in [2.05, 4.69) is 5.32 Å². The number of halogens is 5. The van der Waals surface area contributed by atoms with E-state index in [1.54, 1.807) is 37.3 Å². The van der Waals surface area contributed by atoms with Crippen LogP contribution < -0.4 is 9.62 Å². The predicted octanol–water partition coefficient (Wildman–Crippen LogP) is 6.93. The summed E-state index contributed by atoms with van der Waals surface area (Å²) in [5.74, 6) is -1.24. The number of sulfonamides is 1. The number of carbonyl (C=O) groups excluding carboxylic acids is 2. The van der Waals surface area contributed by atoms with Crippen molar-refractivity contribution in [1.82, 2.24) is 10.2 Å². The number of rotatable bonds is 12. The van der Waals surface area contributed by atoms with Gasteiger partial charge in [0.15, 0.2) is 0 Å². The van der Waals surface area contributed by atoms with Crippen LogP contribution in [-0.4, -0.2) is 43.8 Å². The maximum Gasteiger partial charge on any atom is 0.417 e. The molecule has 0 radical (unpaired) electrons. The molecule has 0 aromatic heterocycles. The van der Waals surface area contributed by atoms with Gasteiger partial charge in [0.05, 0.1) is 21.2 Å². The van der Waals surface area contributed by atoms with Gasteiger partial charge in [-0.25, -0.2) is 8.42 Å². The third-order valence-electron chi connectivity index (χ3n) is 6.81. The molecule has 43 heavy (non-hydrogen) atoms. The minimum absolute atomic E-state index is 0.0872. The lowest BCUT2D eigenvalue weighted by molar-refractivity contribution is -0.140. The molecular weight excluding hydrogens is 626 g/mol. The first-order chi connectivity index (χ1) is 20.2. The Kier molecular flexibility index (Phi) is 11.5. The molecule has 0 aliphatic heterocycles. The average Bonchev–Trinajstić information content (AvgIpc) is 2.96. The fourth-order valence-corrected chi connectivity index (χ4v) is 6.06. The smallest absolute Gasteiger partial charge is 0.352 e. The van der Waals surface area contributed by atoms with E-state index in [0.29, 0.717) is 27.4 Å². The van der Waals surface area contributed by atoms with Crippen LogP contribution >= 0.6 is 23.2 Å². The van der Waals surface area contributed by atoms with Crippen molar-refractivity contribution in [3.8, 4) is 0 Å². The summed E-state index contributed by atoms with van der Waals surface area (Å²) < 4.78 is 69.6. The van der Waals surface area contributed by atoms with E-state index in [9.17, 15) is 31.2 Å². The van der Waals surface area contributed by atoms with Gasteiger partial charge in [-0.3, -0.25) is 13.9 Å². The van der Waals surface area contributed by atoms with Crippen molar-refractivity contribution in [2.45, 2.75) is 63.3 Å². The highest BCUT2D eigenvalue weighted by molar-refractivity contribution is 7.92. The van der Waals surface area contributed by atoms with Gasteiger partial charge in [0.2, 0.25) is 11.8 Å². The first kappa shape index (κ1) is 34.2. The van der Waals surface area contributed by atoms with Gasteiger partial charge in [-0.1, -0.05) is 67.4 Å². The molecule has 0 heterocycles. The molecule has 2 amide bonds. The summed E-state index contributed by atoms with van der Waals surface area (Å²) in [7, 11) is -4.55. The Hall–Kier alpha value is -3.28. The summed E-state index contributed by atoms with van der Waals surface area (Å²) in [6, 6.07) is 15.0. The molecule has 3 aromatic rings. The number of nitrogens with one attached hydrogen (secondary N) is 1. The van der Waals surface area contributed by atoms with Crippen molar-refractivity contribution in [3.63, 3.8) is 0 Å². The van der Waals surface area contributed by atoms with E-state index in [-0.39, 0.29) is 23.9 Å². The zero-order valence-electron chi connectivity index (χ0n) is 23.7. The quantitative estimate of drug-likeness (QED) is 0.229. The molecule has 0 unspecified atom stereocenters. The van der Waals surface area contributed by atoms with Gasteiger partial charge in [-0.05, 0) is 67.8 Å². The van der Waals surface area contributed by atoms with Crippen LogP contribution in [0.2, 0.25) is 10.0 Å². The Morgan fingerprint density at radius 3 is 2.12 bits per heavy atom. The van der Waals surface area contributed by atoms with Crippen molar-refractivity contribution < 1.29 is 31.2 Å². The maximum atomic E-state index is 14.1. The summed E-state index contributed by atoms with van der Waals surface area (Å²) in [4.78, 5) is 28.3. The van der Waals surface area contributed by atoms with Crippen molar-refractivity contribution in [3.05, 3.63) is 94.0 Å². The van der Waals surface area contributed by atoms with Crippen LogP contribution in [0.1, 0.15) is 44.7 Å². The largest absolute Gasteiger partial charge is 0.417 e. The Labute approximate surface area is 259 Å². The molecule has 232 valence electrons. The number of carbonyl (C=O) groups is 2. The minimum Gasteiger partial charge on any atom is -0.352 e. The minimum atomic E-state index is -4.89. The Morgan fingerprint density at radius 1 is 0.930 bits per heavy atom. The monoisotopic (exact) mass is 657 g/mol. The number of hydrogen-bond acceptors (Lipinski definition) is 4. The van der Waals surface area contributed by atoms with Crippen molar-refractivity contribution in [2.24, 2.45) is 0 Å². The summed E-state index contributed by atoms with van der Waals surface area (Å²) in [6.07, 6.45) is -4.07. The van der Waals surface area contributed by atoms with Crippen LogP contribution in [0.3, 0.4) is 0 Å². The second-order valence-electron chi connectivity index (χ2n) is 9.88. The highest BCUT2D eigenvalue weighted by Crippen LogP contribution is 2.38. The van der Waals surface area contributed by atoms with Gasteiger partial charge < -0.3 is 10.2 Å². The summed E-state index contributed by atoms with van der Waals surface area (Å²) in [5.41, 5.74) is -1.07. The predicted molar refractivity (Wildman–Crippen MR) is 161 cm³/mol. The average molecular weight is 659 g/mol. The van der Waals surface area contributed by atoms with Gasteiger partial charge in [0.1, 0.15) is 12.6 Å². The summed E-state index contributed by atoms with van der Waals surface area (Å²) in [5, 5.41) is 2.68. The highest BCUT2D eigenvalue weighted by Gasteiger charge is 2.37. The number of benzene rings is 3. The maximum absolute atomic E-state index is 14.1. The molecule has 0 aliphatic rings. The normalized spacial score (nSPS) is 13.2. The molecule has 0 spiro atoms. The van der Waals surface area contributed by atoms with Crippen LogP contribution in [0, 0.1) is 0 Å². The zero-order chi connectivity index (χ0) is 31.9. The van der Waals surface area contributed by atoms with Gasteiger partial charge >= 0.3 is 6.18 Å². The van der Waals surface area contributed by atoms with E-state index in [4.69, 9.17) is 23.2 Å². The van der Waals surface area contributed by atoms with Crippen LogP contribution in [0.5, 0.6) is 0 Å². The van der Waals surface area contributed by atoms with Gasteiger partial charge in [-0.2, -0.15) is 13.2 Å². The number of alkyl halides is 3. The fraction of sp³-hybridized carbons (Fsp3) is 0.333. The highest BCUT2D eigenvalue weighted by atomic mass is 35.5. The molecule has 7 nitrogen and oxygen atoms in total. The fourth-order valence-electron chi connectivity index (χ4n) is 4.28. The third-order valence-corrected chi connectivity index (χ3v) is 9.18. The third kappa shape index (κ3) is 8.64. The zero-order valence-corrected chi connectivity index (χ0v) is 26.1. The molecule has 0 saturated heterocycles. The molecule has 2 atom stereocenters. The molecule has 0 fully saturated rings. The molecule has 0 aliphatic carbocycles. The van der Waals surface area contributed by atoms with E-state index in [0.717, 1.165) is 12.1 Å². The van der Waals surface area contributed by atoms with E-state index in [1.165, 1.54) is 29.2 Å². The summed E-state index contributed by atoms with van der Waals surface area (Å²) in [6.45, 7) is 4.42. The lowest BCUT2D eigenvalue weighted by Crippen LogP contribution is -2.53. The van der Waals surface area contributed by atoms with Gasteiger partial charge in [-0.15, -0.1) is 0 Å². The van der Waals surface area contributed by atoms with E-state index < -0.39 is 56.9 Å². The topological polar surface area (TPSA) is 86.8 Å². The van der Waals surface area contributed by atoms with Crippen molar-refractivity contribution >= 4 is 50.7 Å². The first-order valence-corrected chi connectivity index (χ1v) is 15.7. The molecule has 0 saturated carbocycles. The van der Waals surface area contributed by atoms with E-state index in [1.807, 2.05) is 13.8 Å². The van der Waals surface area contributed by atoms with Gasteiger partial charge in [0, 0.05) is 17.6 Å². The summed E-state index contributed by atoms with van der Waals surface area (Å²) >= 11 is 11.8. The molecule has 13 heteroatoms. The number of anilines is 1. The molecular formula is C30H32Cl2F3N3O4S. The number of nitrogens with zero attached hydrogens (tertiary/aromatic N) is 2. The molecule has 3 aromatic carbocycles. The molecule has 0 bridgehead atoms. The second kappa shape index (κ2) is 14.5. The first-order valence-electron chi connectivity index (χ1n) is 13.5. The van der Waals surface area contributed by atoms with Crippen LogP contribution in [0.25, 0.3) is 0 Å². The Balaban J connectivity index is 2.13. The van der Waals surface area contributed by atoms with Gasteiger partial charge in [0.25, 0.3) is 10.0 Å². The lowest BCUT2D eigenvalue weighted by atomic mass is 10.1. The van der Waals surface area contributed by atoms with Crippen molar-refractivity contribution in [2.75, 3.05) is 10.8 Å². The Morgan fingerprint density at radius 2 is 1.56 bits per heavy atom. The second-order valence-corrected chi connectivity index (χ2v) is 12.6. The van der Waals surface area contributed by atoms with Crippen LogP contribution in [0.4, 0.5) is 18.9 Å². The lowest BCUT2D eigenvalue weighted by Gasteiger charge is -2.34. The van der Waals surface area contributed by atoms with Crippen LogP contribution in [-0.2, 0) is 32.3 Å². The van der Waals surface area contributed by atoms with Crippen molar-refractivity contribution in [1.29, 1.82) is 0 Å². The van der Waals surface area contributed by atoms with E-state index >= 15 is 0 Å². The Bertz CT molecular complexity index is 1520.